The lowest BCUT2D eigenvalue weighted by atomic mass is 9.94. The van der Waals surface area contributed by atoms with E-state index in [1.807, 2.05) is 25.1 Å². The molecule has 3 aromatic rings. The number of Topliss-reactive ketones (excluding diaryl/α,β-unsaturated/α-hetero) is 1. The molecular weight excluding hydrogens is 411 g/mol. The number of rotatable bonds is 7. The van der Waals surface area contributed by atoms with Crippen LogP contribution < -0.4 is 0 Å². The number of benzene rings is 2. The van der Waals surface area contributed by atoms with Crippen LogP contribution in [0.3, 0.4) is 0 Å². The highest BCUT2D eigenvalue weighted by atomic mass is 79.9. The van der Waals surface area contributed by atoms with Crippen molar-refractivity contribution in [3.05, 3.63) is 63.1 Å². The molecule has 1 fully saturated rings. The quantitative estimate of drug-likeness (QED) is 0.538. The standard InChI is InChI=1S/C21H20BrFN2O2/c1-12-6-15(22)5-4-14(12)7-17-16(19(26)10-27-9-13-2-3-13)8-18-21(20(17)23)25-11-24-18/h4-6,8,11,13H,2-3,7,9-10H2,1H3,(H,24,25). The number of hydrogen-bond acceptors (Lipinski definition) is 3. The van der Waals surface area contributed by atoms with E-state index in [9.17, 15) is 4.79 Å². The summed E-state index contributed by atoms with van der Waals surface area (Å²) in [5.41, 5.74) is 3.53. The van der Waals surface area contributed by atoms with Crippen molar-refractivity contribution in [2.45, 2.75) is 26.2 Å². The molecule has 1 N–H and O–H groups in total. The van der Waals surface area contributed by atoms with Crippen molar-refractivity contribution < 1.29 is 13.9 Å². The number of imidazole rings is 1. The minimum atomic E-state index is -0.443. The Morgan fingerprint density at radius 1 is 1.37 bits per heavy atom. The fourth-order valence-electron chi connectivity index (χ4n) is 3.23. The first-order valence-corrected chi connectivity index (χ1v) is 9.82. The van der Waals surface area contributed by atoms with E-state index >= 15 is 4.39 Å². The predicted molar refractivity (Wildman–Crippen MR) is 106 cm³/mol. The van der Waals surface area contributed by atoms with Gasteiger partial charge in [-0.3, -0.25) is 4.79 Å². The number of aryl methyl sites for hydroxylation is 1. The van der Waals surface area contributed by atoms with Crippen LogP contribution in [0, 0.1) is 18.7 Å². The molecule has 1 saturated carbocycles. The second-order valence-corrected chi connectivity index (χ2v) is 8.06. The number of H-pyrrole nitrogens is 1. The third-order valence-corrected chi connectivity index (χ3v) is 5.50. The van der Waals surface area contributed by atoms with Crippen molar-refractivity contribution in [1.82, 2.24) is 9.97 Å². The van der Waals surface area contributed by atoms with Gasteiger partial charge in [0.1, 0.15) is 12.1 Å². The molecule has 0 saturated heterocycles. The monoisotopic (exact) mass is 430 g/mol. The Morgan fingerprint density at radius 3 is 2.93 bits per heavy atom. The maximum absolute atomic E-state index is 15.2. The van der Waals surface area contributed by atoms with Crippen LogP contribution in [-0.2, 0) is 11.2 Å². The van der Waals surface area contributed by atoms with Gasteiger partial charge in [-0.15, -0.1) is 0 Å². The average Bonchev–Trinajstić information content (AvgIpc) is 3.33. The summed E-state index contributed by atoms with van der Waals surface area (Å²) in [7, 11) is 0. The number of aromatic nitrogens is 2. The number of ether oxygens (including phenoxy) is 1. The number of ketones is 1. The van der Waals surface area contributed by atoms with Gasteiger partial charge >= 0.3 is 0 Å². The maximum Gasteiger partial charge on any atom is 0.188 e. The summed E-state index contributed by atoms with van der Waals surface area (Å²) >= 11 is 3.45. The molecule has 4 rings (SSSR count). The summed E-state index contributed by atoms with van der Waals surface area (Å²) in [5, 5.41) is 0. The number of nitrogens with zero attached hydrogens (tertiary/aromatic N) is 1. The zero-order chi connectivity index (χ0) is 19.0. The molecule has 0 unspecified atom stereocenters. The molecule has 140 valence electrons. The van der Waals surface area contributed by atoms with Crippen LogP contribution in [0.2, 0.25) is 0 Å². The zero-order valence-electron chi connectivity index (χ0n) is 15.0. The number of carbonyl (C=O) groups excluding carboxylic acids is 1. The van der Waals surface area contributed by atoms with Gasteiger partial charge in [-0.1, -0.05) is 22.0 Å². The SMILES string of the molecule is Cc1cc(Br)ccc1Cc1c(C(=O)COCC2CC2)cc2[nH]cnc2c1F. The Labute approximate surface area is 165 Å². The van der Waals surface area contributed by atoms with Crippen molar-refractivity contribution in [2.75, 3.05) is 13.2 Å². The van der Waals surface area contributed by atoms with E-state index in [1.54, 1.807) is 6.07 Å². The molecule has 27 heavy (non-hydrogen) atoms. The molecule has 0 bridgehead atoms. The van der Waals surface area contributed by atoms with E-state index in [2.05, 4.69) is 25.9 Å². The van der Waals surface area contributed by atoms with Crippen LogP contribution in [0.4, 0.5) is 4.39 Å². The number of carbonyl (C=O) groups is 1. The summed E-state index contributed by atoms with van der Waals surface area (Å²) in [6.45, 7) is 2.55. The van der Waals surface area contributed by atoms with Crippen LogP contribution in [0.5, 0.6) is 0 Å². The van der Waals surface area contributed by atoms with Gasteiger partial charge in [-0.25, -0.2) is 9.37 Å². The number of nitrogens with one attached hydrogen (secondary N) is 1. The summed E-state index contributed by atoms with van der Waals surface area (Å²) in [6, 6.07) is 7.55. The molecule has 0 amide bonds. The topological polar surface area (TPSA) is 55.0 Å². The molecule has 0 atom stereocenters. The van der Waals surface area contributed by atoms with Crippen LogP contribution >= 0.6 is 15.9 Å². The van der Waals surface area contributed by atoms with Crippen molar-refractivity contribution >= 4 is 32.7 Å². The average molecular weight is 431 g/mol. The highest BCUT2D eigenvalue weighted by Crippen LogP contribution is 2.30. The van der Waals surface area contributed by atoms with Crippen LogP contribution in [-0.4, -0.2) is 29.0 Å². The molecule has 0 radical (unpaired) electrons. The second-order valence-electron chi connectivity index (χ2n) is 7.14. The largest absolute Gasteiger partial charge is 0.373 e. The van der Waals surface area contributed by atoms with E-state index in [1.165, 1.54) is 6.33 Å². The van der Waals surface area contributed by atoms with E-state index in [0.717, 1.165) is 28.4 Å². The van der Waals surface area contributed by atoms with E-state index in [4.69, 9.17) is 4.74 Å². The molecule has 1 aromatic heterocycles. The Balaban J connectivity index is 1.69. The Morgan fingerprint density at radius 2 is 2.19 bits per heavy atom. The molecule has 1 heterocycles. The van der Waals surface area contributed by atoms with Crippen molar-refractivity contribution in [1.29, 1.82) is 0 Å². The van der Waals surface area contributed by atoms with Crippen molar-refractivity contribution in [3.8, 4) is 0 Å². The van der Waals surface area contributed by atoms with Crippen LogP contribution in [0.1, 0.15) is 39.9 Å². The van der Waals surface area contributed by atoms with Gasteiger partial charge < -0.3 is 9.72 Å². The van der Waals surface area contributed by atoms with E-state index in [0.29, 0.717) is 35.6 Å². The fraction of sp³-hybridized carbons (Fsp3) is 0.333. The first-order valence-electron chi connectivity index (χ1n) is 9.03. The minimum absolute atomic E-state index is 0.0259. The predicted octanol–water partition coefficient (Wildman–Crippen LogP) is 4.97. The highest BCUT2D eigenvalue weighted by Gasteiger charge is 2.24. The van der Waals surface area contributed by atoms with E-state index < -0.39 is 5.82 Å². The first-order chi connectivity index (χ1) is 13.0. The summed E-state index contributed by atoms with van der Waals surface area (Å²) in [6.07, 6.45) is 4.10. The highest BCUT2D eigenvalue weighted by molar-refractivity contribution is 9.10. The summed E-state index contributed by atoms with van der Waals surface area (Å²) in [5.74, 6) is -0.0630. The fourth-order valence-corrected chi connectivity index (χ4v) is 3.71. The molecular formula is C21H20BrFN2O2. The number of halogens is 2. The lowest BCUT2D eigenvalue weighted by Gasteiger charge is -2.13. The normalized spacial score (nSPS) is 14.0. The first kappa shape index (κ1) is 18.3. The van der Waals surface area contributed by atoms with Crippen LogP contribution in [0.15, 0.2) is 35.1 Å². The lowest BCUT2D eigenvalue weighted by molar-refractivity contribution is 0.0738. The molecule has 4 nitrogen and oxygen atoms in total. The zero-order valence-corrected chi connectivity index (χ0v) is 16.6. The second kappa shape index (κ2) is 7.52. The van der Waals surface area contributed by atoms with Crippen molar-refractivity contribution in [2.24, 2.45) is 5.92 Å². The van der Waals surface area contributed by atoms with Gasteiger partial charge in [0.15, 0.2) is 11.6 Å². The number of aromatic amines is 1. The van der Waals surface area contributed by atoms with Gasteiger partial charge in [0.25, 0.3) is 0 Å². The van der Waals surface area contributed by atoms with E-state index in [-0.39, 0.29) is 17.9 Å². The molecule has 6 heteroatoms. The molecule has 0 aliphatic heterocycles. The van der Waals surface area contributed by atoms with Gasteiger partial charge in [0, 0.05) is 22.0 Å². The van der Waals surface area contributed by atoms with Gasteiger partial charge in [-0.2, -0.15) is 0 Å². The van der Waals surface area contributed by atoms with Crippen molar-refractivity contribution in [3.63, 3.8) is 0 Å². The molecule has 2 aromatic carbocycles. The Kier molecular flexibility index (Phi) is 5.10. The summed E-state index contributed by atoms with van der Waals surface area (Å²) < 4.78 is 21.7. The lowest BCUT2D eigenvalue weighted by Crippen LogP contribution is -2.14. The maximum atomic E-state index is 15.2. The third-order valence-electron chi connectivity index (χ3n) is 5.01. The Bertz CT molecular complexity index is 1010. The minimum Gasteiger partial charge on any atom is -0.373 e. The third kappa shape index (κ3) is 3.96. The molecule has 1 aliphatic carbocycles. The van der Waals surface area contributed by atoms with Gasteiger partial charge in [-0.05, 0) is 55.0 Å². The van der Waals surface area contributed by atoms with Crippen LogP contribution in [0.25, 0.3) is 11.0 Å². The summed E-state index contributed by atoms with van der Waals surface area (Å²) in [4.78, 5) is 19.8. The number of hydrogen-bond donors (Lipinski definition) is 1. The Hall–Kier alpha value is -2.05. The number of fused-ring (bicyclic) bond motifs is 1. The smallest absolute Gasteiger partial charge is 0.188 e. The van der Waals surface area contributed by atoms with Gasteiger partial charge in [0.05, 0.1) is 18.5 Å². The van der Waals surface area contributed by atoms with Gasteiger partial charge in [0.2, 0.25) is 0 Å². The molecule has 0 spiro atoms. The molecule has 1 aliphatic rings.